The average molecular weight is 1050 g/mol. The van der Waals surface area contributed by atoms with Crippen molar-refractivity contribution < 1.29 is 24.1 Å². The molecule has 0 radical (unpaired) electrons. The van der Waals surface area contributed by atoms with Gasteiger partial charge in [-0.25, -0.2) is 0 Å². The van der Waals surface area contributed by atoms with Gasteiger partial charge in [-0.15, -0.1) is 11.3 Å². The molecule has 0 unspecified atom stereocenters. The number of nitrogens with zero attached hydrogens (tertiary/aromatic N) is 5. The third-order valence-electron chi connectivity index (χ3n) is 12.6. The topological polar surface area (TPSA) is 41.8 Å². The van der Waals surface area contributed by atoms with Crippen LogP contribution >= 0.6 is 11.3 Å². The Labute approximate surface area is 394 Å². The number of ether oxygens (including phenoxy) is 1. The third kappa shape index (κ3) is 6.19. The van der Waals surface area contributed by atoms with E-state index < -0.39 is 0 Å². The molecule has 8 heteroatoms. The molecule has 0 aliphatic heterocycles. The predicted octanol–water partition coefficient (Wildman–Crippen LogP) is 15.3. The first-order valence-electron chi connectivity index (χ1n) is 21.8. The molecule has 13 rings (SSSR count). The summed E-state index contributed by atoms with van der Waals surface area (Å²) in [5.74, 6) is 2.33. The van der Waals surface area contributed by atoms with Gasteiger partial charge in [-0.1, -0.05) is 30.3 Å². The second-order valence-electron chi connectivity index (χ2n) is 16.3. The van der Waals surface area contributed by atoms with E-state index in [2.05, 4.69) is 249 Å². The fourth-order valence-corrected chi connectivity index (χ4v) is 11.8. The van der Waals surface area contributed by atoms with E-state index in [1.165, 1.54) is 21.1 Å². The number of aromatic nitrogens is 5. The van der Waals surface area contributed by atoms with Gasteiger partial charge in [-0.3, -0.25) is 4.57 Å². The second kappa shape index (κ2) is 15.7. The van der Waals surface area contributed by atoms with E-state index in [0.29, 0.717) is 0 Å². The number of hydrogen-bond donors (Lipinski definition) is 0. The Hall–Kier alpha value is -7.83. The van der Waals surface area contributed by atoms with Crippen LogP contribution in [0.5, 0.6) is 11.5 Å². The molecule has 0 spiro atoms. The van der Waals surface area contributed by atoms with Gasteiger partial charge in [0.25, 0.3) is 0 Å². The van der Waals surface area contributed by atoms with Crippen LogP contribution in [0.1, 0.15) is 0 Å². The molecule has 0 aliphatic rings. The van der Waals surface area contributed by atoms with Gasteiger partial charge in [0.2, 0.25) is 0 Å². The van der Waals surface area contributed by atoms with Crippen LogP contribution in [0.3, 0.4) is 0 Å². The number of pyridine rings is 1. The van der Waals surface area contributed by atoms with Crippen LogP contribution in [0.4, 0.5) is 0 Å². The summed E-state index contributed by atoms with van der Waals surface area (Å²) in [7, 11) is 0. The van der Waals surface area contributed by atoms with Crippen molar-refractivity contribution in [2.45, 2.75) is 0 Å². The molecule has 0 saturated carbocycles. The van der Waals surface area contributed by atoms with Gasteiger partial charge < -0.3 is 0 Å². The van der Waals surface area contributed by atoms with Crippen LogP contribution < -0.4 is 4.74 Å². The molecule has 13 aromatic rings. The summed E-state index contributed by atoms with van der Waals surface area (Å²) in [5, 5.41) is 6.98. The Morgan fingerprint density at radius 3 is 1.70 bits per heavy atom. The van der Waals surface area contributed by atoms with E-state index in [9.17, 15) is 0 Å². The van der Waals surface area contributed by atoms with Crippen molar-refractivity contribution >= 4 is 65.3 Å². The third-order valence-corrected chi connectivity index (χ3v) is 14.5. The zero-order chi connectivity index (χ0) is 43.7. The summed E-state index contributed by atoms with van der Waals surface area (Å²) in [5.41, 5.74) is 13.3. The monoisotopic (exact) mass is 1050 g/mol. The van der Waals surface area contributed by atoms with Crippen molar-refractivity contribution in [1.29, 1.82) is 0 Å². The van der Waals surface area contributed by atoms with Gasteiger partial charge in [0.05, 0.1) is 17.4 Å². The van der Waals surface area contributed by atoms with Gasteiger partial charge in [0.1, 0.15) is 4.83 Å². The van der Waals surface area contributed by atoms with Crippen LogP contribution in [0.2, 0.25) is 0 Å². The molecule has 66 heavy (non-hydrogen) atoms. The SMILES string of the molecule is [Pt]=[c]1n(-c2cccc(Oc3ccc4c5ccccc5n(-c5ccc(-n6c7ccccc7c7ccsc76)cn5)c4c3)c2)c2ccccc2n1-c1c(-c2ccccc2)cccc1-c1ccccc1. The van der Waals surface area contributed by atoms with Crippen molar-refractivity contribution in [3.05, 3.63) is 228 Å². The molecule has 5 heterocycles. The Kier molecular flexibility index (Phi) is 9.19. The normalized spacial score (nSPS) is 11.7. The van der Waals surface area contributed by atoms with Gasteiger partial charge in [-0.05, 0) is 23.6 Å². The van der Waals surface area contributed by atoms with E-state index in [1.807, 2.05) is 12.3 Å². The van der Waals surface area contributed by atoms with Gasteiger partial charge in [0.15, 0.2) is 0 Å². The minimum atomic E-state index is 0.741. The first-order valence-corrected chi connectivity index (χ1v) is 23.9. The molecule has 0 saturated heterocycles. The van der Waals surface area contributed by atoms with Crippen LogP contribution in [0, 0.1) is 3.80 Å². The Balaban J connectivity index is 0.907. The van der Waals surface area contributed by atoms with Crippen molar-refractivity contribution in [2.24, 2.45) is 0 Å². The molecule has 0 bridgehead atoms. The van der Waals surface area contributed by atoms with Gasteiger partial charge in [-0.2, -0.15) is 0 Å². The quantitative estimate of drug-likeness (QED) is 0.152. The Morgan fingerprint density at radius 2 is 1.00 bits per heavy atom. The zero-order valence-corrected chi connectivity index (χ0v) is 38.3. The minimum absolute atomic E-state index is 0.741. The second-order valence-corrected chi connectivity index (χ2v) is 18.2. The predicted molar refractivity (Wildman–Crippen MR) is 268 cm³/mol. The first kappa shape index (κ1) is 38.6. The molecule has 0 N–H and O–H groups in total. The van der Waals surface area contributed by atoms with E-state index in [0.717, 1.165) is 93.3 Å². The molecule has 6 nitrogen and oxygen atoms in total. The number of rotatable bonds is 8. The van der Waals surface area contributed by atoms with Crippen LogP contribution in [-0.2, 0) is 19.4 Å². The molecule has 0 atom stereocenters. The zero-order valence-electron chi connectivity index (χ0n) is 35.2. The molecule has 316 valence electrons. The molecular weight excluding hydrogens is 1010 g/mol. The number of benzene rings is 8. The van der Waals surface area contributed by atoms with Crippen molar-refractivity contribution in [1.82, 2.24) is 23.3 Å². The van der Waals surface area contributed by atoms with E-state index in [1.54, 1.807) is 11.3 Å². The van der Waals surface area contributed by atoms with Crippen LogP contribution in [0.15, 0.2) is 224 Å². The maximum atomic E-state index is 6.82. The van der Waals surface area contributed by atoms with Gasteiger partial charge >= 0.3 is 294 Å². The molecule has 0 aliphatic carbocycles. The fraction of sp³-hybridized carbons (Fsp3) is 0. The molecule has 5 aromatic heterocycles. The summed E-state index contributed by atoms with van der Waals surface area (Å²) < 4.78 is 17.2. The number of hydrogen-bond acceptors (Lipinski definition) is 3. The first-order chi connectivity index (χ1) is 32.7. The Bertz CT molecular complexity index is 3990. The van der Waals surface area contributed by atoms with Crippen molar-refractivity contribution in [3.8, 4) is 56.6 Å². The van der Waals surface area contributed by atoms with Crippen LogP contribution in [0.25, 0.3) is 99.1 Å². The van der Waals surface area contributed by atoms with Crippen molar-refractivity contribution in [2.75, 3.05) is 0 Å². The molecule has 0 amide bonds. The van der Waals surface area contributed by atoms with E-state index in [4.69, 9.17) is 9.72 Å². The average Bonchev–Trinajstić information content (AvgIpc) is 4.13. The van der Waals surface area contributed by atoms with Crippen LogP contribution in [-0.4, -0.2) is 23.3 Å². The molecular formula is C58H37N5OPtS. The summed E-state index contributed by atoms with van der Waals surface area (Å²) in [6.45, 7) is 0. The fourth-order valence-electron chi connectivity index (χ4n) is 9.72. The van der Waals surface area contributed by atoms with Gasteiger partial charge in [0, 0.05) is 10.8 Å². The standard InChI is InChI=1S/C58H37N5OS.Pt/c1-3-15-39(16-4-1)45-23-14-24-46(40-17-5-2-6-18-40)57(45)61-38-60(53-27-11-12-28-54(53)61)41-19-13-20-43(35-41)64-44-30-31-49-47-21-7-10-26-52(47)63(55(49)36-44)56-32-29-42(37-59-56)62-51-25-9-8-22-48(51)50-33-34-65-58(50)62;/h1-37H;. The van der Waals surface area contributed by atoms with E-state index in [-0.39, 0.29) is 0 Å². The number of fused-ring (bicyclic) bond motifs is 7. The molecule has 8 aromatic carbocycles. The number of thiophene rings is 1. The van der Waals surface area contributed by atoms with Crippen molar-refractivity contribution in [3.63, 3.8) is 0 Å². The number of para-hydroxylation sites is 5. The maximum absolute atomic E-state index is 6.82. The summed E-state index contributed by atoms with van der Waals surface area (Å²) in [6.07, 6.45) is 1.99. The van der Waals surface area contributed by atoms with E-state index >= 15 is 0 Å². The molecule has 0 fully saturated rings. The summed E-state index contributed by atoms with van der Waals surface area (Å²) in [4.78, 5) is 6.36. The Morgan fingerprint density at radius 1 is 0.409 bits per heavy atom. The summed E-state index contributed by atoms with van der Waals surface area (Å²) >= 11 is 4.25. The number of imidazole rings is 1. The summed E-state index contributed by atoms with van der Waals surface area (Å²) in [6, 6.07) is 75.1.